The maximum absolute atomic E-state index is 12.7. The van der Waals surface area contributed by atoms with Gasteiger partial charge < -0.3 is 15.4 Å². The van der Waals surface area contributed by atoms with Crippen LogP contribution in [0.2, 0.25) is 0 Å². The number of rotatable bonds is 7. The van der Waals surface area contributed by atoms with E-state index in [2.05, 4.69) is 49.1 Å². The summed E-state index contributed by atoms with van der Waals surface area (Å²) in [6.07, 6.45) is 3.16. The van der Waals surface area contributed by atoms with Crippen molar-refractivity contribution in [1.82, 2.24) is 10.2 Å². The Morgan fingerprint density at radius 2 is 1.84 bits per heavy atom. The molecule has 0 aliphatic carbocycles. The van der Waals surface area contributed by atoms with Crippen LogP contribution < -0.4 is 15.4 Å². The van der Waals surface area contributed by atoms with Crippen LogP contribution in [-0.4, -0.2) is 35.9 Å². The molecule has 9 heteroatoms. The van der Waals surface area contributed by atoms with Gasteiger partial charge >= 0.3 is 6.03 Å². The highest BCUT2D eigenvalue weighted by molar-refractivity contribution is 9.11. The molecule has 0 saturated carbocycles. The average molecular weight is 549 g/mol. The normalized spacial score (nSPS) is 14.5. The molecule has 1 fully saturated rings. The predicted molar refractivity (Wildman–Crippen MR) is 126 cm³/mol. The molecule has 160 valence electrons. The third-order valence-electron chi connectivity index (χ3n) is 4.28. The molecule has 0 radical (unpaired) electrons. The zero-order chi connectivity index (χ0) is 22.5. The number of benzene rings is 2. The van der Waals surface area contributed by atoms with Crippen molar-refractivity contribution in [2.24, 2.45) is 0 Å². The first-order valence-corrected chi connectivity index (χ1v) is 10.8. The molecule has 2 aromatic carbocycles. The number of hydrogen-bond acceptors (Lipinski definition) is 4. The van der Waals surface area contributed by atoms with Gasteiger partial charge in [-0.2, -0.15) is 0 Å². The number of carbonyl (C=O) groups excluding carboxylic acids is 3. The smallest absolute Gasteiger partial charge is 0.329 e. The molecule has 31 heavy (non-hydrogen) atoms. The first-order chi connectivity index (χ1) is 14.8. The van der Waals surface area contributed by atoms with Crippen molar-refractivity contribution in [2.75, 3.05) is 18.5 Å². The molecule has 2 N–H and O–H groups in total. The zero-order valence-electron chi connectivity index (χ0n) is 16.6. The lowest BCUT2D eigenvalue weighted by atomic mass is 10.2. The summed E-state index contributed by atoms with van der Waals surface area (Å²) < 4.78 is 6.91. The lowest BCUT2D eigenvalue weighted by molar-refractivity contribution is -0.127. The summed E-state index contributed by atoms with van der Waals surface area (Å²) in [6.45, 7) is 5.50. The van der Waals surface area contributed by atoms with Gasteiger partial charge in [0.25, 0.3) is 5.91 Å². The van der Waals surface area contributed by atoms with Crippen molar-refractivity contribution in [1.29, 1.82) is 0 Å². The van der Waals surface area contributed by atoms with Gasteiger partial charge in [-0.25, -0.2) is 9.69 Å². The highest BCUT2D eigenvalue weighted by Crippen LogP contribution is 2.35. The lowest BCUT2D eigenvalue weighted by Crippen LogP contribution is -2.38. The average Bonchev–Trinajstić information content (AvgIpc) is 2.96. The number of ether oxygens (including phenoxy) is 1. The van der Waals surface area contributed by atoms with Crippen molar-refractivity contribution < 1.29 is 19.1 Å². The van der Waals surface area contributed by atoms with Crippen molar-refractivity contribution in [3.63, 3.8) is 0 Å². The van der Waals surface area contributed by atoms with E-state index in [0.29, 0.717) is 32.6 Å². The number of nitrogens with zero attached hydrogens (tertiary/aromatic N) is 1. The summed E-state index contributed by atoms with van der Waals surface area (Å²) >= 11 is 6.86. The molecular formula is C22H19Br2N3O4. The van der Waals surface area contributed by atoms with Crippen LogP contribution in [0, 0.1) is 6.92 Å². The summed E-state index contributed by atoms with van der Waals surface area (Å²) in [5, 5.41) is 5.18. The van der Waals surface area contributed by atoms with Crippen molar-refractivity contribution in [3.05, 3.63) is 74.8 Å². The Hall–Kier alpha value is -2.91. The van der Waals surface area contributed by atoms with Crippen LogP contribution in [0.25, 0.3) is 6.08 Å². The number of halogens is 2. The van der Waals surface area contributed by atoms with Crippen LogP contribution in [0.3, 0.4) is 0 Å². The molecule has 3 rings (SSSR count). The molecule has 0 spiro atoms. The summed E-state index contributed by atoms with van der Waals surface area (Å²) in [4.78, 5) is 38.1. The van der Waals surface area contributed by atoms with E-state index in [1.807, 2.05) is 19.1 Å². The van der Waals surface area contributed by atoms with Gasteiger partial charge in [0.05, 0.1) is 8.95 Å². The Labute approximate surface area is 196 Å². The van der Waals surface area contributed by atoms with Gasteiger partial charge in [-0.3, -0.25) is 9.59 Å². The SMILES string of the molecule is C=CCOc1c(Br)cc(/C=C2\NC(=O)N(CC(=O)Nc3ccc(C)cc3)C2=O)cc1Br. The van der Waals surface area contributed by atoms with E-state index in [-0.39, 0.29) is 5.70 Å². The van der Waals surface area contributed by atoms with E-state index in [9.17, 15) is 14.4 Å². The van der Waals surface area contributed by atoms with E-state index in [1.54, 1.807) is 30.3 Å². The molecule has 0 unspecified atom stereocenters. The Balaban J connectivity index is 1.72. The van der Waals surface area contributed by atoms with Crippen LogP contribution in [0.15, 0.2) is 63.7 Å². The second-order valence-electron chi connectivity index (χ2n) is 6.71. The third-order valence-corrected chi connectivity index (χ3v) is 5.45. The monoisotopic (exact) mass is 547 g/mol. The minimum absolute atomic E-state index is 0.0756. The minimum Gasteiger partial charge on any atom is -0.487 e. The van der Waals surface area contributed by atoms with Gasteiger partial charge in [0.2, 0.25) is 5.91 Å². The fourth-order valence-electron chi connectivity index (χ4n) is 2.81. The quantitative estimate of drug-likeness (QED) is 0.300. The number of carbonyl (C=O) groups is 3. The molecule has 0 bridgehead atoms. The van der Waals surface area contributed by atoms with Crippen molar-refractivity contribution >= 4 is 61.5 Å². The number of nitrogens with one attached hydrogen (secondary N) is 2. The van der Waals surface area contributed by atoms with E-state index < -0.39 is 24.4 Å². The summed E-state index contributed by atoms with van der Waals surface area (Å²) in [5.74, 6) is -0.454. The fourth-order valence-corrected chi connectivity index (χ4v) is 4.26. The van der Waals surface area contributed by atoms with E-state index in [4.69, 9.17) is 4.74 Å². The highest BCUT2D eigenvalue weighted by Gasteiger charge is 2.35. The number of amides is 4. The van der Waals surface area contributed by atoms with E-state index in [1.165, 1.54) is 6.08 Å². The van der Waals surface area contributed by atoms with Gasteiger partial charge in [-0.05, 0) is 74.7 Å². The number of anilines is 1. The second-order valence-corrected chi connectivity index (χ2v) is 8.42. The molecule has 1 aliphatic rings. The largest absolute Gasteiger partial charge is 0.487 e. The van der Waals surface area contributed by atoms with Crippen molar-refractivity contribution in [3.8, 4) is 5.75 Å². The van der Waals surface area contributed by atoms with Gasteiger partial charge in [-0.15, -0.1) is 0 Å². The predicted octanol–water partition coefficient (Wildman–Crippen LogP) is 4.62. The van der Waals surface area contributed by atoms with Crippen LogP contribution in [-0.2, 0) is 9.59 Å². The number of urea groups is 1. The number of imide groups is 1. The van der Waals surface area contributed by atoms with Crippen LogP contribution in [0.1, 0.15) is 11.1 Å². The van der Waals surface area contributed by atoms with E-state index in [0.717, 1.165) is 10.5 Å². The number of hydrogen-bond donors (Lipinski definition) is 2. The lowest BCUT2D eigenvalue weighted by Gasteiger charge is -2.12. The van der Waals surface area contributed by atoms with Gasteiger partial charge in [0.15, 0.2) is 0 Å². The maximum atomic E-state index is 12.7. The van der Waals surface area contributed by atoms with Crippen LogP contribution in [0.5, 0.6) is 5.75 Å². The third kappa shape index (κ3) is 5.62. The zero-order valence-corrected chi connectivity index (χ0v) is 19.7. The molecular weight excluding hydrogens is 530 g/mol. The first-order valence-electron chi connectivity index (χ1n) is 9.22. The minimum atomic E-state index is -0.653. The van der Waals surface area contributed by atoms with Gasteiger partial charge in [0, 0.05) is 5.69 Å². The summed E-state index contributed by atoms with van der Waals surface area (Å²) in [6, 6.07) is 10.1. The van der Waals surface area contributed by atoms with Crippen LogP contribution in [0.4, 0.5) is 10.5 Å². The molecule has 1 aliphatic heterocycles. The summed E-state index contributed by atoms with van der Waals surface area (Å²) in [7, 11) is 0. The molecule has 7 nitrogen and oxygen atoms in total. The first kappa shape index (κ1) is 22.8. The molecule has 4 amide bonds. The molecule has 1 heterocycles. The molecule has 0 aromatic heterocycles. The van der Waals surface area contributed by atoms with Crippen molar-refractivity contribution in [2.45, 2.75) is 6.92 Å². The standard InChI is InChI=1S/C22H19Br2N3O4/c1-3-8-31-20-16(23)9-14(10-17(20)24)11-18-21(29)27(22(30)26-18)12-19(28)25-15-6-4-13(2)5-7-15/h3-7,9-11H,1,8,12H2,2H3,(H,25,28)(H,26,30)/b18-11-. The van der Waals surface area contributed by atoms with Gasteiger partial charge in [-0.1, -0.05) is 30.4 Å². The highest BCUT2D eigenvalue weighted by atomic mass is 79.9. The fraction of sp³-hybridized carbons (Fsp3) is 0.136. The molecule has 1 saturated heterocycles. The Bertz CT molecular complexity index is 1060. The van der Waals surface area contributed by atoms with Crippen LogP contribution >= 0.6 is 31.9 Å². The van der Waals surface area contributed by atoms with E-state index >= 15 is 0 Å². The topological polar surface area (TPSA) is 87.7 Å². The maximum Gasteiger partial charge on any atom is 0.329 e. The Morgan fingerprint density at radius 1 is 1.19 bits per heavy atom. The number of aryl methyl sites for hydroxylation is 1. The summed E-state index contributed by atoms with van der Waals surface area (Å²) in [5.41, 5.74) is 2.37. The Kier molecular flexibility index (Phi) is 7.29. The second kappa shape index (κ2) is 9.93. The molecule has 2 aromatic rings. The molecule has 0 atom stereocenters. The van der Waals surface area contributed by atoms with Gasteiger partial charge in [0.1, 0.15) is 24.6 Å². The Morgan fingerprint density at radius 3 is 2.45 bits per heavy atom.